The quantitative estimate of drug-likeness (QED) is 0.720. The molecule has 30 heavy (non-hydrogen) atoms. The van der Waals surface area contributed by atoms with Gasteiger partial charge in [0, 0.05) is 37.7 Å². The predicted molar refractivity (Wildman–Crippen MR) is 119 cm³/mol. The third kappa shape index (κ3) is 4.17. The highest BCUT2D eigenvalue weighted by Crippen LogP contribution is 2.34. The summed E-state index contributed by atoms with van der Waals surface area (Å²) in [5.74, 6) is 0.993. The fourth-order valence-corrected chi connectivity index (χ4v) is 6.33. The average Bonchev–Trinajstić information content (AvgIpc) is 2.90. The van der Waals surface area contributed by atoms with Gasteiger partial charge in [-0.15, -0.1) is 4.40 Å². The van der Waals surface area contributed by atoms with Crippen LogP contribution in [0.2, 0.25) is 0 Å². The molecule has 7 heteroatoms. The van der Waals surface area contributed by atoms with Gasteiger partial charge >= 0.3 is 0 Å². The van der Waals surface area contributed by atoms with E-state index in [0.717, 1.165) is 44.2 Å². The normalized spacial score (nSPS) is 22.8. The molecule has 0 atom stereocenters. The van der Waals surface area contributed by atoms with Crippen molar-refractivity contribution in [3.05, 3.63) is 41.0 Å². The summed E-state index contributed by atoms with van der Waals surface area (Å²) < 4.78 is 29.8. The van der Waals surface area contributed by atoms with Crippen molar-refractivity contribution in [2.75, 3.05) is 26.2 Å². The van der Waals surface area contributed by atoms with Gasteiger partial charge in [-0.2, -0.15) is 8.42 Å². The van der Waals surface area contributed by atoms with E-state index in [4.69, 9.17) is 0 Å². The summed E-state index contributed by atoms with van der Waals surface area (Å²) >= 11 is 0. The molecule has 0 radical (unpaired) electrons. The molecule has 4 rings (SSSR count). The molecule has 1 amide bonds. The van der Waals surface area contributed by atoms with Gasteiger partial charge in [0.15, 0.2) is 0 Å². The number of carbonyl (C=O) groups excluding carboxylic acids is 1. The van der Waals surface area contributed by atoms with Crippen molar-refractivity contribution < 1.29 is 13.2 Å². The Labute approximate surface area is 179 Å². The van der Waals surface area contributed by atoms with Crippen LogP contribution in [0.5, 0.6) is 0 Å². The topological polar surface area (TPSA) is 70.1 Å². The first-order valence-electron chi connectivity index (χ1n) is 11.0. The smallest absolute Gasteiger partial charge is 0.285 e. The van der Waals surface area contributed by atoms with E-state index in [0.29, 0.717) is 41.5 Å². The number of hydrogen-bond acceptors (Lipinski definition) is 4. The molecule has 162 valence electrons. The van der Waals surface area contributed by atoms with Crippen LogP contribution in [0.4, 0.5) is 0 Å². The Morgan fingerprint density at radius 1 is 0.933 bits per heavy atom. The lowest BCUT2D eigenvalue weighted by Crippen LogP contribution is -2.40. The fourth-order valence-electron chi connectivity index (χ4n) is 4.85. The molecular weight excluding hydrogens is 398 g/mol. The standard InChI is InChI=1S/C23H31N3O3S/c1-17-9-11-19(12-10-17)21-18(2)22(24-30(21,28)29)25-13-6-14-26(16-15-25)23(27)20-7-4-3-5-8-20/h9-12,20H,3-8,13-16H2,1-2H3. The minimum absolute atomic E-state index is 0.171. The van der Waals surface area contributed by atoms with Crippen LogP contribution in [0.15, 0.2) is 34.2 Å². The molecule has 3 aliphatic rings. The van der Waals surface area contributed by atoms with Crippen molar-refractivity contribution in [2.45, 2.75) is 52.4 Å². The number of sulfonamides is 1. The van der Waals surface area contributed by atoms with Gasteiger partial charge in [-0.25, -0.2) is 0 Å². The van der Waals surface area contributed by atoms with Crippen molar-refractivity contribution in [3.63, 3.8) is 0 Å². The van der Waals surface area contributed by atoms with E-state index in [2.05, 4.69) is 4.40 Å². The summed E-state index contributed by atoms with van der Waals surface area (Å²) in [6.45, 7) is 6.51. The first kappa shape index (κ1) is 21.1. The second kappa shape index (κ2) is 8.53. The molecule has 1 aromatic rings. The number of amides is 1. The van der Waals surface area contributed by atoms with Crippen LogP contribution >= 0.6 is 0 Å². The zero-order chi connectivity index (χ0) is 21.3. The Morgan fingerprint density at radius 2 is 1.63 bits per heavy atom. The number of nitrogens with zero attached hydrogens (tertiary/aromatic N) is 3. The number of rotatable bonds is 2. The van der Waals surface area contributed by atoms with Crippen molar-refractivity contribution >= 4 is 26.7 Å². The summed E-state index contributed by atoms with van der Waals surface area (Å²) in [5, 5.41) is 0. The second-order valence-corrected chi connectivity index (χ2v) is 10.3. The summed E-state index contributed by atoms with van der Waals surface area (Å²) in [7, 11) is -3.71. The number of benzene rings is 1. The van der Waals surface area contributed by atoms with Crippen molar-refractivity contribution in [2.24, 2.45) is 10.3 Å². The van der Waals surface area contributed by atoms with E-state index in [1.165, 1.54) is 6.42 Å². The van der Waals surface area contributed by atoms with Gasteiger partial charge in [-0.1, -0.05) is 49.1 Å². The molecule has 1 aliphatic carbocycles. The van der Waals surface area contributed by atoms with E-state index in [-0.39, 0.29) is 11.8 Å². The van der Waals surface area contributed by atoms with Crippen molar-refractivity contribution in [1.29, 1.82) is 0 Å². The SMILES string of the molecule is CC1=C(c2ccc(C)cc2)S(=O)(=O)N=C1N1CCCN(C(=O)C2CCCCC2)CC1. The summed E-state index contributed by atoms with van der Waals surface area (Å²) in [4.78, 5) is 17.3. The molecule has 6 nitrogen and oxygen atoms in total. The maximum Gasteiger partial charge on any atom is 0.285 e. The van der Waals surface area contributed by atoms with Gasteiger partial charge in [0.05, 0.1) is 0 Å². The Kier molecular flexibility index (Phi) is 6.00. The van der Waals surface area contributed by atoms with Crippen LogP contribution in [-0.2, 0) is 14.8 Å². The molecule has 2 heterocycles. The molecule has 0 aromatic heterocycles. The first-order chi connectivity index (χ1) is 14.4. The monoisotopic (exact) mass is 429 g/mol. The molecule has 0 N–H and O–H groups in total. The Morgan fingerprint density at radius 3 is 2.33 bits per heavy atom. The number of amidine groups is 1. The van der Waals surface area contributed by atoms with Gasteiger partial charge < -0.3 is 9.80 Å². The highest BCUT2D eigenvalue weighted by atomic mass is 32.2. The van der Waals surface area contributed by atoms with E-state index in [1.54, 1.807) is 0 Å². The largest absolute Gasteiger partial charge is 0.354 e. The average molecular weight is 430 g/mol. The van der Waals surface area contributed by atoms with Crippen molar-refractivity contribution in [3.8, 4) is 0 Å². The van der Waals surface area contributed by atoms with Crippen LogP contribution in [0.1, 0.15) is 56.6 Å². The maximum absolute atomic E-state index is 12.9. The Balaban J connectivity index is 1.51. The van der Waals surface area contributed by atoms with Crippen LogP contribution in [0.25, 0.3) is 4.91 Å². The third-order valence-electron chi connectivity index (χ3n) is 6.52. The molecule has 0 spiro atoms. The van der Waals surface area contributed by atoms with Crippen LogP contribution in [0, 0.1) is 12.8 Å². The molecular formula is C23H31N3O3S. The summed E-state index contributed by atoms with van der Waals surface area (Å²) in [5.41, 5.74) is 2.47. The van der Waals surface area contributed by atoms with Crippen LogP contribution in [-0.4, -0.2) is 56.1 Å². The lowest BCUT2D eigenvalue weighted by atomic mass is 9.88. The van der Waals surface area contributed by atoms with E-state index >= 15 is 0 Å². The summed E-state index contributed by atoms with van der Waals surface area (Å²) in [6, 6.07) is 7.53. The highest BCUT2D eigenvalue weighted by Gasteiger charge is 2.35. The van der Waals surface area contributed by atoms with Gasteiger partial charge in [-0.05, 0) is 38.7 Å². The fraction of sp³-hybridized carbons (Fsp3) is 0.565. The minimum atomic E-state index is -3.71. The van der Waals surface area contributed by atoms with Gasteiger partial charge in [0.1, 0.15) is 10.7 Å². The third-order valence-corrected chi connectivity index (χ3v) is 7.99. The first-order valence-corrected chi connectivity index (χ1v) is 12.5. The van der Waals surface area contributed by atoms with Gasteiger partial charge in [-0.3, -0.25) is 4.79 Å². The van der Waals surface area contributed by atoms with Crippen LogP contribution < -0.4 is 0 Å². The van der Waals surface area contributed by atoms with Gasteiger partial charge in [0.25, 0.3) is 10.0 Å². The van der Waals surface area contributed by atoms with E-state index in [9.17, 15) is 13.2 Å². The Bertz CT molecular complexity index is 973. The second-order valence-electron chi connectivity index (χ2n) is 8.71. The lowest BCUT2D eigenvalue weighted by molar-refractivity contribution is -0.136. The van der Waals surface area contributed by atoms with E-state index in [1.807, 2.05) is 47.9 Å². The number of carbonyl (C=O) groups is 1. The molecule has 1 saturated carbocycles. The lowest BCUT2D eigenvalue weighted by Gasteiger charge is -2.28. The zero-order valence-electron chi connectivity index (χ0n) is 17.9. The maximum atomic E-state index is 12.9. The van der Waals surface area contributed by atoms with Gasteiger partial charge in [0.2, 0.25) is 5.91 Å². The Hall–Kier alpha value is -2.15. The molecule has 0 bridgehead atoms. The van der Waals surface area contributed by atoms with E-state index < -0.39 is 10.0 Å². The molecule has 1 aromatic carbocycles. The minimum Gasteiger partial charge on any atom is -0.354 e. The molecule has 1 saturated heterocycles. The highest BCUT2D eigenvalue weighted by molar-refractivity contribution is 8.00. The van der Waals surface area contributed by atoms with Crippen LogP contribution in [0.3, 0.4) is 0 Å². The molecule has 0 unspecified atom stereocenters. The van der Waals surface area contributed by atoms with Crippen molar-refractivity contribution in [1.82, 2.24) is 9.80 Å². The molecule has 2 aliphatic heterocycles. The summed E-state index contributed by atoms with van der Waals surface area (Å²) in [6.07, 6.45) is 6.37. The number of aryl methyl sites for hydroxylation is 1. The predicted octanol–water partition coefficient (Wildman–Crippen LogP) is 3.58. The zero-order valence-corrected chi connectivity index (χ0v) is 18.7. The molecule has 2 fully saturated rings. The number of hydrogen-bond donors (Lipinski definition) is 0.